The molecule has 1 aromatic heterocycles. The number of rotatable bonds is 7. The molecule has 0 aliphatic heterocycles. The van der Waals surface area contributed by atoms with Crippen molar-refractivity contribution in [2.24, 2.45) is 0 Å². The number of nitrogens with zero attached hydrogens (tertiary/aromatic N) is 1. The van der Waals surface area contributed by atoms with Crippen LogP contribution in [0.4, 0.5) is 0 Å². The summed E-state index contributed by atoms with van der Waals surface area (Å²) < 4.78 is 5.75. The molecule has 1 aromatic rings. The Labute approximate surface area is 97.2 Å². The van der Waals surface area contributed by atoms with Crippen molar-refractivity contribution in [2.75, 3.05) is 6.54 Å². The number of ether oxygens (including phenoxy) is 1. The fourth-order valence-electron chi connectivity index (χ4n) is 1.69. The number of hydrogen-bond acceptors (Lipinski definition) is 3. The fourth-order valence-corrected chi connectivity index (χ4v) is 1.69. The van der Waals surface area contributed by atoms with E-state index in [-0.39, 0.29) is 6.10 Å². The van der Waals surface area contributed by atoms with Gasteiger partial charge in [0.25, 0.3) is 0 Å². The van der Waals surface area contributed by atoms with Crippen molar-refractivity contribution >= 4 is 0 Å². The first kappa shape index (κ1) is 11.4. The van der Waals surface area contributed by atoms with Crippen LogP contribution in [0.15, 0.2) is 24.5 Å². The summed E-state index contributed by atoms with van der Waals surface area (Å²) in [4.78, 5) is 4.03. The fraction of sp³-hybridized carbons (Fsp3) is 0.615. The zero-order valence-electron chi connectivity index (χ0n) is 9.86. The van der Waals surface area contributed by atoms with Gasteiger partial charge in [0, 0.05) is 12.2 Å². The van der Waals surface area contributed by atoms with Gasteiger partial charge in [0.05, 0.1) is 12.3 Å². The van der Waals surface area contributed by atoms with E-state index in [1.807, 2.05) is 12.1 Å². The Kier molecular flexibility index (Phi) is 4.17. The van der Waals surface area contributed by atoms with Crippen molar-refractivity contribution in [1.29, 1.82) is 0 Å². The molecule has 0 spiro atoms. The Balaban J connectivity index is 1.58. The summed E-state index contributed by atoms with van der Waals surface area (Å²) in [5, 5.41) is 3.51. The molecular weight excluding hydrogens is 200 g/mol. The Morgan fingerprint density at radius 2 is 2.44 bits per heavy atom. The van der Waals surface area contributed by atoms with Gasteiger partial charge in [0.1, 0.15) is 5.75 Å². The Morgan fingerprint density at radius 1 is 1.56 bits per heavy atom. The SMILES string of the molecule is CC(CCCNC1CC1)Oc1cccnc1. The van der Waals surface area contributed by atoms with Crippen LogP contribution in [0.5, 0.6) is 5.75 Å². The van der Waals surface area contributed by atoms with Crippen LogP contribution in [0.1, 0.15) is 32.6 Å². The van der Waals surface area contributed by atoms with Crippen LogP contribution in [0.25, 0.3) is 0 Å². The molecule has 1 aliphatic rings. The van der Waals surface area contributed by atoms with Gasteiger partial charge in [-0.05, 0) is 51.3 Å². The van der Waals surface area contributed by atoms with E-state index >= 15 is 0 Å². The lowest BCUT2D eigenvalue weighted by Crippen LogP contribution is -2.20. The Hall–Kier alpha value is -1.09. The summed E-state index contributed by atoms with van der Waals surface area (Å²) in [7, 11) is 0. The first-order valence-electron chi connectivity index (χ1n) is 6.14. The second-order valence-electron chi connectivity index (χ2n) is 4.49. The molecule has 1 aliphatic carbocycles. The van der Waals surface area contributed by atoms with Gasteiger partial charge >= 0.3 is 0 Å². The van der Waals surface area contributed by atoms with E-state index in [1.54, 1.807) is 12.4 Å². The van der Waals surface area contributed by atoms with E-state index in [1.165, 1.54) is 19.3 Å². The van der Waals surface area contributed by atoms with Crippen molar-refractivity contribution in [1.82, 2.24) is 10.3 Å². The molecule has 0 radical (unpaired) electrons. The molecule has 0 amide bonds. The normalized spacial score (nSPS) is 17.1. The highest BCUT2D eigenvalue weighted by atomic mass is 16.5. The maximum atomic E-state index is 5.75. The number of hydrogen-bond donors (Lipinski definition) is 1. The summed E-state index contributed by atoms with van der Waals surface area (Å²) in [6, 6.07) is 4.66. The summed E-state index contributed by atoms with van der Waals surface area (Å²) in [5.74, 6) is 0.866. The third-order valence-corrected chi connectivity index (χ3v) is 2.77. The predicted octanol–water partition coefficient (Wildman–Crippen LogP) is 2.38. The highest BCUT2D eigenvalue weighted by Crippen LogP contribution is 2.18. The average Bonchev–Trinajstić information content (AvgIpc) is 3.10. The summed E-state index contributed by atoms with van der Waals surface area (Å²) in [5.41, 5.74) is 0. The number of pyridine rings is 1. The van der Waals surface area contributed by atoms with Gasteiger partial charge in [-0.25, -0.2) is 0 Å². The molecule has 16 heavy (non-hydrogen) atoms. The third-order valence-electron chi connectivity index (χ3n) is 2.77. The van der Waals surface area contributed by atoms with E-state index < -0.39 is 0 Å². The van der Waals surface area contributed by atoms with Crippen LogP contribution in [0.3, 0.4) is 0 Å². The van der Waals surface area contributed by atoms with Crippen LogP contribution >= 0.6 is 0 Å². The number of aromatic nitrogens is 1. The molecule has 0 aromatic carbocycles. The highest BCUT2D eigenvalue weighted by molar-refractivity contribution is 5.15. The highest BCUT2D eigenvalue weighted by Gasteiger charge is 2.19. The zero-order valence-corrected chi connectivity index (χ0v) is 9.86. The standard InChI is InChI=1S/C13H20N2O/c1-11(4-2-9-15-12-6-7-12)16-13-5-3-8-14-10-13/h3,5,8,10-12,15H,2,4,6-7,9H2,1H3. The largest absolute Gasteiger partial charge is 0.489 e. The van der Waals surface area contributed by atoms with Gasteiger partial charge in [-0.1, -0.05) is 0 Å². The van der Waals surface area contributed by atoms with Crippen molar-refractivity contribution < 1.29 is 4.74 Å². The monoisotopic (exact) mass is 220 g/mol. The maximum absolute atomic E-state index is 5.75. The molecular formula is C13H20N2O. The number of nitrogens with one attached hydrogen (secondary N) is 1. The second kappa shape index (κ2) is 5.85. The van der Waals surface area contributed by atoms with Crippen LogP contribution in [-0.2, 0) is 0 Å². The molecule has 88 valence electrons. The lowest BCUT2D eigenvalue weighted by atomic mass is 10.2. The van der Waals surface area contributed by atoms with Gasteiger partial charge in [-0.2, -0.15) is 0 Å². The lowest BCUT2D eigenvalue weighted by molar-refractivity contribution is 0.206. The van der Waals surface area contributed by atoms with Gasteiger partial charge in [-0.3, -0.25) is 4.98 Å². The van der Waals surface area contributed by atoms with E-state index in [0.717, 1.165) is 24.8 Å². The molecule has 1 fully saturated rings. The second-order valence-corrected chi connectivity index (χ2v) is 4.49. The van der Waals surface area contributed by atoms with Gasteiger partial charge in [0.2, 0.25) is 0 Å². The molecule has 1 unspecified atom stereocenters. The zero-order chi connectivity index (χ0) is 11.2. The van der Waals surface area contributed by atoms with E-state index in [4.69, 9.17) is 4.74 Å². The molecule has 3 heteroatoms. The van der Waals surface area contributed by atoms with Crippen LogP contribution in [-0.4, -0.2) is 23.7 Å². The maximum Gasteiger partial charge on any atom is 0.137 e. The summed E-state index contributed by atoms with van der Waals surface area (Å²) >= 11 is 0. The molecule has 2 rings (SSSR count). The molecule has 3 nitrogen and oxygen atoms in total. The summed E-state index contributed by atoms with van der Waals surface area (Å²) in [6.45, 7) is 3.23. The lowest BCUT2D eigenvalue weighted by Gasteiger charge is -2.14. The van der Waals surface area contributed by atoms with Gasteiger partial charge in [-0.15, -0.1) is 0 Å². The van der Waals surface area contributed by atoms with Crippen LogP contribution in [0, 0.1) is 0 Å². The molecule has 0 bridgehead atoms. The van der Waals surface area contributed by atoms with Gasteiger partial charge in [0.15, 0.2) is 0 Å². The van der Waals surface area contributed by atoms with E-state index in [0.29, 0.717) is 0 Å². The first-order valence-corrected chi connectivity index (χ1v) is 6.14. The predicted molar refractivity (Wildman–Crippen MR) is 64.6 cm³/mol. The average molecular weight is 220 g/mol. The van der Waals surface area contributed by atoms with Crippen molar-refractivity contribution in [3.05, 3.63) is 24.5 Å². The first-order chi connectivity index (χ1) is 7.84. The quantitative estimate of drug-likeness (QED) is 0.716. The Bertz CT molecular complexity index is 298. The summed E-state index contributed by atoms with van der Waals surface area (Å²) in [6.07, 6.45) is 8.79. The minimum Gasteiger partial charge on any atom is -0.489 e. The molecule has 1 N–H and O–H groups in total. The minimum absolute atomic E-state index is 0.269. The van der Waals surface area contributed by atoms with Crippen LogP contribution in [0.2, 0.25) is 0 Å². The molecule has 1 saturated carbocycles. The minimum atomic E-state index is 0.269. The van der Waals surface area contributed by atoms with Crippen LogP contribution < -0.4 is 10.1 Å². The van der Waals surface area contributed by atoms with Crippen molar-refractivity contribution in [3.8, 4) is 5.75 Å². The molecule has 1 atom stereocenters. The topological polar surface area (TPSA) is 34.1 Å². The Morgan fingerprint density at radius 3 is 3.12 bits per heavy atom. The smallest absolute Gasteiger partial charge is 0.137 e. The molecule has 1 heterocycles. The molecule has 0 saturated heterocycles. The van der Waals surface area contributed by atoms with E-state index in [9.17, 15) is 0 Å². The van der Waals surface area contributed by atoms with Crippen molar-refractivity contribution in [2.45, 2.75) is 44.8 Å². The van der Waals surface area contributed by atoms with E-state index in [2.05, 4.69) is 17.2 Å². The van der Waals surface area contributed by atoms with Gasteiger partial charge < -0.3 is 10.1 Å². The third kappa shape index (κ3) is 4.19. The van der Waals surface area contributed by atoms with Crippen molar-refractivity contribution in [3.63, 3.8) is 0 Å².